The molecule has 1 aromatic rings. The average Bonchev–Trinajstić information content (AvgIpc) is 2.11. The molecule has 0 aliphatic rings. The number of aliphatic carboxylic acids is 1. The van der Waals surface area contributed by atoms with Crippen molar-refractivity contribution >= 4 is 45.1 Å². The molecule has 0 fully saturated rings. The first-order valence-electron chi connectivity index (χ1n) is 3.81. The minimum Gasteiger partial charge on any atom is -0.480 e. The van der Waals surface area contributed by atoms with Gasteiger partial charge in [-0.15, -0.1) is 0 Å². The van der Waals surface area contributed by atoms with Gasteiger partial charge in [-0.3, -0.25) is 4.79 Å². The van der Waals surface area contributed by atoms with Gasteiger partial charge in [0, 0.05) is 10.0 Å². The van der Waals surface area contributed by atoms with Crippen molar-refractivity contribution in [2.24, 2.45) is 0 Å². The van der Waals surface area contributed by atoms with Crippen LogP contribution in [0.25, 0.3) is 0 Å². The molecule has 0 aliphatic heterocycles. The topological polar surface area (TPSA) is 37.3 Å². The van der Waals surface area contributed by atoms with E-state index in [1.54, 1.807) is 18.2 Å². The molecule has 0 aliphatic carbocycles. The van der Waals surface area contributed by atoms with Crippen LogP contribution in [0.4, 0.5) is 0 Å². The van der Waals surface area contributed by atoms with Gasteiger partial charge < -0.3 is 5.11 Å². The molecule has 1 N–H and O–H groups in total. The van der Waals surface area contributed by atoms with Crippen LogP contribution < -0.4 is 0 Å². The maximum absolute atomic E-state index is 10.6. The van der Waals surface area contributed by atoms with E-state index in [-0.39, 0.29) is 0 Å². The molecule has 0 amide bonds. The summed E-state index contributed by atoms with van der Waals surface area (Å²) in [5.74, 6) is -0.916. The molecule has 1 rings (SSSR count). The number of rotatable bonds is 3. The van der Waals surface area contributed by atoms with Gasteiger partial charge in [0.15, 0.2) is 0 Å². The summed E-state index contributed by atoms with van der Waals surface area (Å²) in [5.41, 5.74) is 0.725. The Morgan fingerprint density at radius 2 is 2.14 bits per heavy atom. The van der Waals surface area contributed by atoms with Crippen LogP contribution in [0.15, 0.2) is 18.2 Å². The van der Waals surface area contributed by atoms with E-state index in [4.69, 9.17) is 28.3 Å². The fraction of sp³-hybridized carbons (Fsp3) is 0.222. The molecule has 1 atom stereocenters. The third-order valence-electron chi connectivity index (χ3n) is 1.67. The standard InChI is InChI=1S/C9H7BrCl2O2/c10-7(9(13)14)4-5-3-6(11)1-2-8(5)12/h1-3,7H,4H2,(H,13,14)/t7-/m1/s1. The number of carboxylic acids is 1. The fourth-order valence-corrected chi connectivity index (χ4v) is 1.72. The summed E-state index contributed by atoms with van der Waals surface area (Å²) < 4.78 is 0. The first kappa shape index (κ1) is 11.8. The van der Waals surface area contributed by atoms with E-state index in [0.717, 1.165) is 5.56 Å². The summed E-state index contributed by atoms with van der Waals surface area (Å²) in [6.45, 7) is 0. The molecule has 0 spiro atoms. The zero-order valence-corrected chi connectivity index (χ0v) is 10.1. The van der Waals surface area contributed by atoms with Gasteiger partial charge in [0.05, 0.1) is 0 Å². The Kier molecular flexibility index (Phi) is 4.23. The normalized spacial score (nSPS) is 12.5. The van der Waals surface area contributed by atoms with Crippen LogP contribution in [0, 0.1) is 0 Å². The number of halogens is 3. The second kappa shape index (κ2) is 5.01. The van der Waals surface area contributed by atoms with Crippen molar-refractivity contribution in [1.82, 2.24) is 0 Å². The largest absolute Gasteiger partial charge is 0.480 e. The average molecular weight is 298 g/mol. The molecule has 0 unspecified atom stereocenters. The molecular weight excluding hydrogens is 291 g/mol. The number of carboxylic acid groups (broad SMARTS) is 1. The third kappa shape index (κ3) is 3.15. The predicted molar refractivity (Wildman–Crippen MR) is 60.5 cm³/mol. The van der Waals surface area contributed by atoms with Crippen molar-refractivity contribution in [2.75, 3.05) is 0 Å². The lowest BCUT2D eigenvalue weighted by molar-refractivity contribution is -0.136. The highest BCUT2D eigenvalue weighted by atomic mass is 79.9. The quantitative estimate of drug-likeness (QED) is 0.869. The lowest BCUT2D eigenvalue weighted by atomic mass is 10.1. The number of hydrogen-bond donors (Lipinski definition) is 1. The maximum Gasteiger partial charge on any atom is 0.317 e. The molecule has 0 saturated carbocycles. The van der Waals surface area contributed by atoms with Crippen LogP contribution in [-0.4, -0.2) is 15.9 Å². The molecule has 5 heteroatoms. The van der Waals surface area contributed by atoms with Crippen molar-refractivity contribution in [3.8, 4) is 0 Å². The van der Waals surface area contributed by atoms with Crippen molar-refractivity contribution in [3.05, 3.63) is 33.8 Å². The van der Waals surface area contributed by atoms with Gasteiger partial charge >= 0.3 is 5.97 Å². The first-order chi connectivity index (χ1) is 6.50. The second-order valence-corrected chi connectivity index (χ2v) is 4.69. The highest BCUT2D eigenvalue weighted by Gasteiger charge is 2.15. The Balaban J connectivity index is 2.85. The van der Waals surface area contributed by atoms with Crippen LogP contribution in [0.5, 0.6) is 0 Å². The highest BCUT2D eigenvalue weighted by molar-refractivity contribution is 9.10. The Morgan fingerprint density at radius 1 is 1.50 bits per heavy atom. The van der Waals surface area contributed by atoms with E-state index in [2.05, 4.69) is 15.9 Å². The van der Waals surface area contributed by atoms with Gasteiger partial charge in [0.25, 0.3) is 0 Å². The smallest absolute Gasteiger partial charge is 0.317 e. The number of hydrogen-bond acceptors (Lipinski definition) is 1. The Labute approximate surface area is 100.0 Å². The lowest BCUT2D eigenvalue weighted by Gasteiger charge is -2.06. The van der Waals surface area contributed by atoms with Crippen molar-refractivity contribution in [2.45, 2.75) is 11.2 Å². The number of alkyl halides is 1. The summed E-state index contributed by atoms with van der Waals surface area (Å²) in [6.07, 6.45) is 0.314. The fourth-order valence-electron chi connectivity index (χ4n) is 0.980. The number of carbonyl (C=O) groups is 1. The Morgan fingerprint density at radius 3 is 2.71 bits per heavy atom. The Hall–Kier alpha value is -0.250. The van der Waals surface area contributed by atoms with E-state index in [1.807, 2.05) is 0 Å². The van der Waals surface area contributed by atoms with E-state index in [9.17, 15) is 4.79 Å². The molecule has 1 aromatic carbocycles. The van der Waals surface area contributed by atoms with E-state index in [1.165, 1.54) is 0 Å². The van der Waals surface area contributed by atoms with Gasteiger partial charge in [-0.2, -0.15) is 0 Å². The highest BCUT2D eigenvalue weighted by Crippen LogP contribution is 2.23. The molecule has 0 heterocycles. The maximum atomic E-state index is 10.6. The monoisotopic (exact) mass is 296 g/mol. The minimum absolute atomic E-state index is 0.314. The zero-order chi connectivity index (χ0) is 10.7. The predicted octanol–water partition coefficient (Wildman–Crippen LogP) is 3.38. The van der Waals surface area contributed by atoms with Gasteiger partial charge in [0.1, 0.15) is 4.83 Å². The molecule has 0 saturated heterocycles. The van der Waals surface area contributed by atoms with E-state index in [0.29, 0.717) is 16.5 Å². The molecule has 0 aromatic heterocycles. The summed E-state index contributed by atoms with van der Waals surface area (Å²) in [7, 11) is 0. The summed E-state index contributed by atoms with van der Waals surface area (Å²) in [4.78, 5) is 9.94. The van der Waals surface area contributed by atoms with E-state index < -0.39 is 10.8 Å². The number of benzene rings is 1. The van der Waals surface area contributed by atoms with E-state index >= 15 is 0 Å². The van der Waals surface area contributed by atoms with Crippen LogP contribution in [0.3, 0.4) is 0 Å². The van der Waals surface area contributed by atoms with Gasteiger partial charge in [0.2, 0.25) is 0 Å². The minimum atomic E-state index is -0.916. The van der Waals surface area contributed by atoms with Gasteiger partial charge in [-0.1, -0.05) is 39.1 Å². The first-order valence-corrected chi connectivity index (χ1v) is 5.48. The van der Waals surface area contributed by atoms with Crippen LogP contribution in [0.2, 0.25) is 10.0 Å². The SMILES string of the molecule is O=C(O)[C@H](Br)Cc1cc(Cl)ccc1Cl. The van der Waals surface area contributed by atoms with Gasteiger partial charge in [-0.25, -0.2) is 0 Å². The molecule has 0 radical (unpaired) electrons. The molecule has 2 nitrogen and oxygen atoms in total. The van der Waals surface area contributed by atoms with Gasteiger partial charge in [-0.05, 0) is 30.2 Å². The van der Waals surface area contributed by atoms with Crippen molar-refractivity contribution in [3.63, 3.8) is 0 Å². The summed E-state index contributed by atoms with van der Waals surface area (Å²) in [6, 6.07) is 4.99. The molecule has 14 heavy (non-hydrogen) atoms. The third-order valence-corrected chi connectivity index (χ3v) is 2.99. The lowest BCUT2D eigenvalue weighted by Crippen LogP contribution is -2.15. The molecule has 76 valence electrons. The molecule has 0 bridgehead atoms. The summed E-state index contributed by atoms with van der Waals surface area (Å²) in [5, 5.41) is 9.76. The van der Waals surface area contributed by atoms with Crippen LogP contribution in [0.1, 0.15) is 5.56 Å². The Bertz CT molecular complexity index is 355. The van der Waals surface area contributed by atoms with Crippen molar-refractivity contribution in [1.29, 1.82) is 0 Å². The molecular formula is C9H7BrCl2O2. The zero-order valence-electron chi connectivity index (χ0n) is 7.01. The van der Waals surface area contributed by atoms with Crippen LogP contribution >= 0.6 is 39.1 Å². The van der Waals surface area contributed by atoms with Crippen LogP contribution in [-0.2, 0) is 11.2 Å². The van der Waals surface area contributed by atoms with Crippen molar-refractivity contribution < 1.29 is 9.90 Å². The summed E-state index contributed by atoms with van der Waals surface area (Å²) >= 11 is 14.7. The second-order valence-electron chi connectivity index (χ2n) is 2.75.